The molecule has 2 aromatic carbocycles. The summed E-state index contributed by atoms with van der Waals surface area (Å²) in [7, 11) is 0. The first-order valence-corrected chi connectivity index (χ1v) is 11.7. The number of amidine groups is 1. The number of carbonyl (C=O) groups is 4. The van der Waals surface area contributed by atoms with E-state index in [1.54, 1.807) is 48.5 Å². The van der Waals surface area contributed by atoms with E-state index in [9.17, 15) is 19.2 Å². The summed E-state index contributed by atoms with van der Waals surface area (Å²) < 4.78 is 4.93. The number of nitrogens with one attached hydrogen (secondary N) is 4. The number of amides is 3. The molecular weight excluding hydrogens is 492 g/mol. The molecule has 0 aliphatic rings. The lowest BCUT2D eigenvalue weighted by Crippen LogP contribution is -2.54. The lowest BCUT2D eigenvalue weighted by atomic mass is 10.0. The molecule has 38 heavy (non-hydrogen) atoms. The molecule has 12 nitrogen and oxygen atoms in total. The zero-order chi connectivity index (χ0) is 28.1. The second-order valence-corrected chi connectivity index (χ2v) is 8.36. The Morgan fingerprint density at radius 3 is 2.34 bits per heavy atom. The minimum atomic E-state index is -1.19. The van der Waals surface area contributed by atoms with Crippen LogP contribution < -0.4 is 27.4 Å². The summed E-state index contributed by atoms with van der Waals surface area (Å²) in [4.78, 5) is 49.5. The van der Waals surface area contributed by atoms with Gasteiger partial charge in [0.25, 0.3) is 0 Å². The summed E-state index contributed by atoms with van der Waals surface area (Å²) in [5, 5.41) is 24.3. The van der Waals surface area contributed by atoms with E-state index in [4.69, 9.17) is 26.7 Å². The molecular formula is C26H32N6O6. The number of nitrogens with two attached hydrogens (primary N) is 2. The third-order valence-corrected chi connectivity index (χ3v) is 5.34. The molecule has 0 saturated carbocycles. The lowest BCUT2D eigenvalue weighted by molar-refractivity contribution is -0.138. The number of carboxylic acid groups (broad SMARTS) is 1. The maximum atomic E-state index is 13.2. The monoisotopic (exact) mass is 524 g/mol. The number of benzene rings is 2. The Morgan fingerprint density at radius 1 is 1.03 bits per heavy atom. The summed E-state index contributed by atoms with van der Waals surface area (Å²) in [5.74, 6) is -2.57. The number of hydrogen-bond donors (Lipinski definition) is 7. The van der Waals surface area contributed by atoms with E-state index in [1.807, 2.05) is 0 Å². The first-order valence-electron chi connectivity index (χ1n) is 11.7. The molecule has 2 rings (SSSR count). The molecule has 202 valence electrons. The van der Waals surface area contributed by atoms with E-state index in [-0.39, 0.29) is 38.2 Å². The average molecular weight is 525 g/mol. The molecule has 2 atom stereocenters. The third-order valence-electron chi connectivity index (χ3n) is 5.34. The minimum absolute atomic E-state index is 0.0176. The molecule has 0 spiro atoms. The minimum Gasteiger partial charge on any atom is -0.481 e. The smallest absolute Gasteiger partial charge is 0.408 e. The fourth-order valence-electron chi connectivity index (χ4n) is 3.41. The Morgan fingerprint density at radius 2 is 1.74 bits per heavy atom. The topological polar surface area (TPSA) is 210 Å². The molecule has 9 N–H and O–H groups in total. The zero-order valence-electron chi connectivity index (χ0n) is 20.7. The Kier molecular flexibility index (Phi) is 11.3. The van der Waals surface area contributed by atoms with Gasteiger partial charge in [-0.2, -0.15) is 0 Å². The van der Waals surface area contributed by atoms with Crippen molar-refractivity contribution < 1.29 is 29.0 Å². The Hall–Kier alpha value is -4.87. The van der Waals surface area contributed by atoms with E-state index in [0.717, 1.165) is 5.56 Å². The number of carbonyl (C=O) groups excluding carboxylic acids is 3. The van der Waals surface area contributed by atoms with Crippen LogP contribution in [0.15, 0.2) is 61.2 Å². The highest BCUT2D eigenvalue weighted by Gasteiger charge is 2.28. The maximum absolute atomic E-state index is 13.2. The second-order valence-electron chi connectivity index (χ2n) is 8.36. The maximum Gasteiger partial charge on any atom is 0.408 e. The molecule has 12 heteroatoms. The standard InChI is InChI=1S/C26H32N6O6/c1-2-12-38-26(37)32-21(14-16-6-8-18(9-7-16)23(28)29)25(36)31-20(10-11-22(33)34)24(35)30-15-17-4-3-5-19(27)13-17/h2-9,13,20-21H,1,10-12,14-15,27H2,(H3,28,29)(H,30,35)(H,31,36)(H,32,37)(H,33,34)/t20-,21-/m0/s1. The highest BCUT2D eigenvalue weighted by atomic mass is 16.5. The molecule has 0 aromatic heterocycles. The zero-order valence-corrected chi connectivity index (χ0v) is 20.7. The van der Waals surface area contributed by atoms with Gasteiger partial charge in [0.1, 0.15) is 24.5 Å². The van der Waals surface area contributed by atoms with Crippen molar-refractivity contribution in [2.45, 2.75) is 37.9 Å². The van der Waals surface area contributed by atoms with E-state index in [2.05, 4.69) is 22.5 Å². The SMILES string of the molecule is C=CCOC(=O)N[C@@H](Cc1ccc(C(=N)N)cc1)C(=O)N[C@@H](CCC(=O)O)C(=O)NCc1cccc(N)c1. The summed E-state index contributed by atoms with van der Waals surface area (Å²) >= 11 is 0. The number of carboxylic acids is 1. The normalized spacial score (nSPS) is 11.9. The van der Waals surface area contributed by atoms with Crippen molar-refractivity contribution in [3.8, 4) is 0 Å². The van der Waals surface area contributed by atoms with Crippen molar-refractivity contribution in [1.29, 1.82) is 5.41 Å². The van der Waals surface area contributed by atoms with Gasteiger partial charge < -0.3 is 37.3 Å². The van der Waals surface area contributed by atoms with E-state index < -0.39 is 36.0 Å². The van der Waals surface area contributed by atoms with Crippen LogP contribution in [0.2, 0.25) is 0 Å². The van der Waals surface area contributed by atoms with E-state index in [0.29, 0.717) is 16.8 Å². The van der Waals surface area contributed by atoms with Crippen LogP contribution >= 0.6 is 0 Å². The number of nitrogen functional groups attached to an aromatic ring is 2. The van der Waals surface area contributed by atoms with Gasteiger partial charge in [-0.3, -0.25) is 19.8 Å². The average Bonchev–Trinajstić information content (AvgIpc) is 2.88. The number of alkyl carbamates (subject to hydrolysis) is 1. The highest BCUT2D eigenvalue weighted by molar-refractivity contribution is 5.95. The summed E-state index contributed by atoms with van der Waals surface area (Å²) in [6.07, 6.45) is -0.0440. The van der Waals surface area contributed by atoms with Crippen LogP contribution in [0.5, 0.6) is 0 Å². The van der Waals surface area contributed by atoms with Crippen molar-refractivity contribution >= 4 is 35.4 Å². The molecule has 0 aliphatic carbocycles. The van der Waals surface area contributed by atoms with E-state index in [1.165, 1.54) is 6.08 Å². The van der Waals surface area contributed by atoms with Crippen molar-refractivity contribution in [1.82, 2.24) is 16.0 Å². The van der Waals surface area contributed by atoms with Gasteiger partial charge in [0.15, 0.2) is 0 Å². The molecule has 0 heterocycles. The lowest BCUT2D eigenvalue weighted by Gasteiger charge is -2.23. The highest BCUT2D eigenvalue weighted by Crippen LogP contribution is 2.10. The van der Waals surface area contributed by atoms with Crippen LogP contribution in [0.25, 0.3) is 0 Å². The van der Waals surface area contributed by atoms with Gasteiger partial charge in [-0.1, -0.05) is 49.1 Å². The number of aliphatic carboxylic acids is 1. The van der Waals surface area contributed by atoms with Gasteiger partial charge in [0.05, 0.1) is 0 Å². The quantitative estimate of drug-likeness (QED) is 0.0819. The van der Waals surface area contributed by atoms with Gasteiger partial charge in [0.2, 0.25) is 11.8 Å². The molecule has 0 aliphatic heterocycles. The van der Waals surface area contributed by atoms with Gasteiger partial charge in [-0.15, -0.1) is 0 Å². The number of hydrogen-bond acceptors (Lipinski definition) is 7. The fraction of sp³-hybridized carbons (Fsp3) is 0.269. The van der Waals surface area contributed by atoms with Crippen molar-refractivity contribution in [3.63, 3.8) is 0 Å². The van der Waals surface area contributed by atoms with E-state index >= 15 is 0 Å². The molecule has 0 radical (unpaired) electrons. The predicted octanol–water partition coefficient (Wildman–Crippen LogP) is 1.04. The largest absolute Gasteiger partial charge is 0.481 e. The van der Waals surface area contributed by atoms with Crippen molar-refractivity contribution in [3.05, 3.63) is 77.9 Å². The summed E-state index contributed by atoms with van der Waals surface area (Å²) in [6, 6.07) is 11.0. The van der Waals surface area contributed by atoms with Crippen molar-refractivity contribution in [2.24, 2.45) is 5.73 Å². The number of ether oxygens (including phenoxy) is 1. The molecule has 0 saturated heterocycles. The van der Waals surface area contributed by atoms with Crippen LogP contribution in [0, 0.1) is 5.41 Å². The van der Waals surface area contributed by atoms with Gasteiger partial charge in [0, 0.05) is 30.6 Å². The first-order chi connectivity index (χ1) is 18.1. The van der Waals surface area contributed by atoms with Gasteiger partial charge in [-0.05, 0) is 29.7 Å². The van der Waals surface area contributed by atoms with Crippen molar-refractivity contribution in [2.75, 3.05) is 12.3 Å². The molecule has 0 unspecified atom stereocenters. The van der Waals surface area contributed by atoms with Gasteiger partial charge in [-0.25, -0.2) is 4.79 Å². The third kappa shape index (κ3) is 10.0. The summed E-state index contributed by atoms with van der Waals surface area (Å²) in [5.41, 5.74) is 13.6. The van der Waals surface area contributed by atoms with Gasteiger partial charge >= 0.3 is 12.1 Å². The summed E-state index contributed by atoms with van der Waals surface area (Å²) in [6.45, 7) is 3.49. The van der Waals surface area contributed by atoms with Crippen LogP contribution in [-0.2, 0) is 32.1 Å². The number of rotatable bonds is 14. The fourth-order valence-corrected chi connectivity index (χ4v) is 3.41. The molecule has 0 bridgehead atoms. The van der Waals surface area contributed by atoms with Crippen LogP contribution in [0.1, 0.15) is 29.5 Å². The Balaban J connectivity index is 2.18. The van der Waals surface area contributed by atoms with Crippen LogP contribution in [-0.4, -0.2) is 53.5 Å². The second kappa shape index (κ2) is 14.6. The Labute approximate surface area is 219 Å². The first kappa shape index (κ1) is 29.4. The molecule has 3 amide bonds. The number of anilines is 1. The molecule has 0 fully saturated rings. The Bertz CT molecular complexity index is 1170. The molecule has 2 aromatic rings. The van der Waals surface area contributed by atoms with Crippen LogP contribution in [0.4, 0.5) is 10.5 Å². The predicted molar refractivity (Wildman–Crippen MR) is 141 cm³/mol. The van der Waals surface area contributed by atoms with Crippen LogP contribution in [0.3, 0.4) is 0 Å².